The molecular weight excluding hydrogens is 932 g/mol. The van der Waals surface area contributed by atoms with Crippen molar-refractivity contribution in [3.8, 4) is 5.75 Å². The van der Waals surface area contributed by atoms with Crippen LogP contribution in [0.4, 0.5) is 10.5 Å². The number of benzene rings is 1. The molecule has 4 aliphatic heterocycles. The molecule has 2 N–H and O–H groups in total. The van der Waals surface area contributed by atoms with Crippen LogP contribution in [0.15, 0.2) is 35.9 Å². The van der Waals surface area contributed by atoms with Crippen LogP contribution < -0.4 is 15.0 Å². The smallest absolute Gasteiger partial charge is 0.409 e. The van der Waals surface area contributed by atoms with Crippen LogP contribution in [0.5, 0.6) is 5.75 Å². The van der Waals surface area contributed by atoms with E-state index >= 15 is 0 Å². The van der Waals surface area contributed by atoms with Crippen LogP contribution in [0.3, 0.4) is 0 Å². The topological polar surface area (TPSA) is 220 Å². The zero-order valence-electron chi connectivity index (χ0n) is 39.7. The number of hydrogen-bond donors (Lipinski definition) is 2. The molecule has 370 valence electrons. The van der Waals surface area contributed by atoms with Crippen molar-refractivity contribution in [2.75, 3.05) is 39.0 Å². The molecule has 0 saturated carbocycles. The van der Waals surface area contributed by atoms with Gasteiger partial charge in [-0.25, -0.2) is 14.4 Å². The van der Waals surface area contributed by atoms with Gasteiger partial charge >= 0.3 is 18.0 Å². The molecule has 0 aliphatic carbocycles. The van der Waals surface area contributed by atoms with Gasteiger partial charge in [-0.2, -0.15) is 0 Å². The molecule has 4 heterocycles. The number of nitrogens with one attached hydrogen (secondary N) is 1. The minimum atomic E-state index is -1.86. The number of allylic oxidation sites excluding steroid dienone is 3. The van der Waals surface area contributed by atoms with Crippen molar-refractivity contribution < 1.29 is 67.2 Å². The number of methoxy groups -OCH3 is 2. The van der Waals surface area contributed by atoms with Gasteiger partial charge in [-0.05, 0) is 71.6 Å². The van der Waals surface area contributed by atoms with E-state index in [1.54, 1.807) is 56.0 Å². The molecule has 1 aromatic carbocycles. The third kappa shape index (κ3) is 13.3. The average molecular weight is 996 g/mol. The number of alkyl carbamates (subject to hydrolysis) is 1. The first kappa shape index (κ1) is 53.6. The maximum absolute atomic E-state index is 14.3. The van der Waals surface area contributed by atoms with Gasteiger partial charge < -0.3 is 43.4 Å². The summed E-state index contributed by atoms with van der Waals surface area (Å²) in [4.78, 5) is 98.1. The molecular formula is C46H63ClN4O14S2. The second-order valence-corrected chi connectivity index (χ2v) is 21.7. The minimum Gasteiger partial charge on any atom is -0.495 e. The average Bonchev–Trinajstić information content (AvgIpc) is 3.88. The van der Waals surface area contributed by atoms with Crippen molar-refractivity contribution >= 4 is 80.5 Å². The number of nitrogens with zero attached hydrogens (tertiary/aromatic N) is 3. The summed E-state index contributed by atoms with van der Waals surface area (Å²) in [6, 6.07) is 2.48. The predicted molar refractivity (Wildman–Crippen MR) is 251 cm³/mol. The van der Waals surface area contributed by atoms with Gasteiger partial charge in [0.05, 0.1) is 25.3 Å². The highest BCUT2D eigenvalue weighted by atomic mass is 35.5. The summed E-state index contributed by atoms with van der Waals surface area (Å²) < 4.78 is 29.1. The number of amides is 5. The number of hydroxylamine groups is 2. The lowest BCUT2D eigenvalue weighted by Crippen LogP contribution is -2.63. The lowest BCUT2D eigenvalue weighted by molar-refractivity contribution is -0.197. The summed E-state index contributed by atoms with van der Waals surface area (Å²) in [6.07, 6.45) is 1.65. The van der Waals surface area contributed by atoms with E-state index in [0.717, 1.165) is 11.1 Å². The number of ether oxygens (including phenoxy) is 5. The number of carbonyl (C=O) groups is 7. The fourth-order valence-electron chi connectivity index (χ4n) is 8.13. The fourth-order valence-corrected chi connectivity index (χ4v) is 11.1. The van der Waals surface area contributed by atoms with E-state index in [1.807, 2.05) is 26.8 Å². The molecule has 4 aliphatic rings. The summed E-state index contributed by atoms with van der Waals surface area (Å²) >= 11 is 6.81. The van der Waals surface area contributed by atoms with Crippen LogP contribution in [0.1, 0.15) is 98.5 Å². The van der Waals surface area contributed by atoms with Gasteiger partial charge in [-0.1, -0.05) is 63.9 Å². The van der Waals surface area contributed by atoms with Crippen LogP contribution in [0, 0.1) is 5.92 Å². The summed E-state index contributed by atoms with van der Waals surface area (Å²) in [5, 5.41) is 15.1. The Morgan fingerprint density at radius 2 is 1.79 bits per heavy atom. The van der Waals surface area contributed by atoms with Crippen LogP contribution in [0.2, 0.25) is 5.02 Å². The van der Waals surface area contributed by atoms with Gasteiger partial charge in [0.1, 0.15) is 40.7 Å². The van der Waals surface area contributed by atoms with E-state index in [0.29, 0.717) is 41.5 Å². The van der Waals surface area contributed by atoms with Crippen LogP contribution in [0.25, 0.3) is 0 Å². The lowest BCUT2D eigenvalue weighted by Gasteiger charge is -2.42. The molecule has 3 saturated heterocycles. The first-order valence-electron chi connectivity index (χ1n) is 22.2. The minimum absolute atomic E-state index is 0.0240. The number of hydrogen-bond acceptors (Lipinski definition) is 16. The van der Waals surface area contributed by atoms with E-state index < -0.39 is 83.5 Å². The second kappa shape index (κ2) is 22.4. The van der Waals surface area contributed by atoms with Crippen molar-refractivity contribution in [1.82, 2.24) is 15.3 Å². The number of likely N-dealkylation sites (N-methyl/N-ethyl adjacent to an activating group) is 1. The Morgan fingerprint density at radius 1 is 1.10 bits per heavy atom. The van der Waals surface area contributed by atoms with E-state index in [1.165, 1.54) is 48.8 Å². The SMILES string of the molecule is COc1cc2cc(c1Cl)N(C)C(=O)C[C@H](OC(=O)[C@H](C)N(C)C(=O)CCC(C)(C)SSCCCC(=O)ON1C(=O)CCC1=O)[C@]1(C)O[C@H]1[C@H](C)[C@@H]1C[C@@](O)(NC(=O)O1)C(OC)/C=C/C=C(\C)C2. The highest BCUT2D eigenvalue weighted by Gasteiger charge is 2.64. The number of carbonyl (C=O) groups excluding carboxylic acids is 7. The number of aliphatic hydroxyl groups is 1. The Kier molecular flexibility index (Phi) is 17.9. The quantitative estimate of drug-likeness (QED) is 0.0693. The molecule has 1 aromatic rings. The molecule has 3 fully saturated rings. The summed E-state index contributed by atoms with van der Waals surface area (Å²) in [6.45, 7) is 10.9. The first-order valence-corrected chi connectivity index (χ1v) is 24.8. The molecule has 21 heteroatoms. The van der Waals surface area contributed by atoms with E-state index in [-0.39, 0.29) is 54.2 Å². The number of esters is 1. The van der Waals surface area contributed by atoms with Crippen LogP contribution >= 0.6 is 33.2 Å². The summed E-state index contributed by atoms with van der Waals surface area (Å²) in [5.74, 6) is -2.94. The number of anilines is 1. The first-order chi connectivity index (χ1) is 31.4. The maximum Gasteiger partial charge on any atom is 0.409 e. The van der Waals surface area contributed by atoms with Crippen molar-refractivity contribution in [3.63, 3.8) is 0 Å². The zero-order valence-corrected chi connectivity index (χ0v) is 42.1. The fraction of sp³-hybridized carbons (Fsp3) is 0.630. The Labute approximate surface area is 404 Å². The normalized spacial score (nSPS) is 28.6. The number of imide groups is 1. The molecule has 67 heavy (non-hydrogen) atoms. The van der Waals surface area contributed by atoms with Gasteiger partial charge in [-0.15, -0.1) is 5.06 Å². The lowest BCUT2D eigenvalue weighted by atomic mass is 9.83. The number of rotatable bonds is 15. The highest BCUT2D eigenvalue weighted by molar-refractivity contribution is 8.77. The molecule has 5 amide bonds. The standard InChI is InChI=1S/C46H63ClN4O14S2/c1-26-13-11-14-33(61-10)46(59)25-32(62-43(58)48-46)27(2)41-45(6,64-41)34(24-38(55)50(8)30-22-29(21-26)23-31(60-9)40(30)47)63-42(57)28(3)49(7)35(52)18-19-44(4,5)67-66-20-12-15-39(56)65-51-36(53)16-17-37(51)54/h11,13-14,22-23,27-28,32-34,41,59H,12,15-21,24-25H2,1-10H3,(H,48,58)/b14-11+,26-13+/t27-,28+,32+,33?,34+,41+,45+,46+/m1/s1. The number of halogens is 1. The largest absolute Gasteiger partial charge is 0.495 e. The third-order valence-electron chi connectivity index (χ3n) is 12.6. The second-order valence-electron chi connectivity index (χ2n) is 18.2. The monoisotopic (exact) mass is 994 g/mol. The van der Waals surface area contributed by atoms with Gasteiger partial charge in [0, 0.05) is 69.7 Å². The molecule has 8 atom stereocenters. The van der Waals surface area contributed by atoms with Gasteiger partial charge in [-0.3, -0.25) is 24.5 Å². The van der Waals surface area contributed by atoms with Crippen molar-refractivity contribution in [1.29, 1.82) is 0 Å². The Hall–Kier alpha value is -4.34. The Morgan fingerprint density at radius 3 is 2.45 bits per heavy atom. The Balaban J connectivity index is 1.28. The number of epoxide rings is 1. The van der Waals surface area contributed by atoms with Gasteiger partial charge in [0.2, 0.25) is 11.8 Å². The van der Waals surface area contributed by atoms with Gasteiger partial charge in [0.25, 0.3) is 11.8 Å². The highest BCUT2D eigenvalue weighted by Crippen LogP contribution is 2.49. The van der Waals surface area contributed by atoms with Crippen LogP contribution in [-0.2, 0) is 59.0 Å². The summed E-state index contributed by atoms with van der Waals surface area (Å²) in [5.41, 5.74) is -1.09. The molecule has 5 rings (SSSR count). The van der Waals surface area contributed by atoms with Crippen molar-refractivity contribution in [3.05, 3.63) is 46.5 Å². The van der Waals surface area contributed by atoms with E-state index in [2.05, 4.69) is 5.32 Å². The molecule has 1 unspecified atom stereocenters. The van der Waals surface area contributed by atoms with Crippen LogP contribution in [-0.4, -0.2) is 137 Å². The molecule has 0 spiro atoms. The third-order valence-corrected chi connectivity index (χ3v) is 16.4. The summed E-state index contributed by atoms with van der Waals surface area (Å²) in [7, 11) is 9.02. The number of fused-ring (bicyclic) bond motifs is 5. The molecule has 0 aromatic heterocycles. The Bertz CT molecular complexity index is 2120. The van der Waals surface area contributed by atoms with Crippen molar-refractivity contribution in [2.24, 2.45) is 5.92 Å². The predicted octanol–water partition coefficient (Wildman–Crippen LogP) is 5.84. The van der Waals surface area contributed by atoms with Gasteiger partial charge in [0.15, 0.2) is 5.72 Å². The zero-order chi connectivity index (χ0) is 49.6. The van der Waals surface area contributed by atoms with Crippen molar-refractivity contribution in [2.45, 2.75) is 146 Å². The molecule has 0 radical (unpaired) electrons. The maximum atomic E-state index is 14.3. The molecule has 18 nitrogen and oxygen atoms in total. The van der Waals surface area contributed by atoms with E-state index in [9.17, 15) is 38.7 Å². The van der Waals surface area contributed by atoms with E-state index in [4.69, 9.17) is 40.1 Å². The molecule has 4 bridgehead atoms.